The number of nitrogens with two attached hydrogens (primary N) is 1. The van der Waals surface area contributed by atoms with E-state index in [0.29, 0.717) is 35.8 Å². The third-order valence-electron chi connectivity index (χ3n) is 5.63. The van der Waals surface area contributed by atoms with Crippen molar-refractivity contribution >= 4 is 17.2 Å². The number of aryl methyl sites for hydroxylation is 1. The first-order chi connectivity index (χ1) is 12.4. The standard InChI is InChI=1S/C19H22FN3O3/c1-10-16-13(12-2-3-12)6-14(19(25)26)18(24)23(16)9-15(20)17(10)22-5-4-11(7-21)8-22/h6,9,11-12H,2-5,7-8,21H2,1H3,(H,25,26)/t11-/m1/s1. The van der Waals surface area contributed by atoms with Crippen LogP contribution >= 0.6 is 0 Å². The second-order valence-electron chi connectivity index (χ2n) is 7.40. The topological polar surface area (TPSA) is 88.0 Å². The zero-order valence-electron chi connectivity index (χ0n) is 14.7. The number of carboxylic acid groups (broad SMARTS) is 1. The molecule has 7 heteroatoms. The summed E-state index contributed by atoms with van der Waals surface area (Å²) in [7, 11) is 0. The highest BCUT2D eigenvalue weighted by Gasteiger charge is 2.32. The summed E-state index contributed by atoms with van der Waals surface area (Å²) in [6.07, 6.45) is 3.98. The van der Waals surface area contributed by atoms with Gasteiger partial charge in [-0.2, -0.15) is 0 Å². The third-order valence-corrected chi connectivity index (χ3v) is 5.63. The van der Waals surface area contributed by atoms with E-state index in [9.17, 15) is 19.1 Å². The monoisotopic (exact) mass is 359 g/mol. The Bertz CT molecular complexity index is 965. The van der Waals surface area contributed by atoms with Gasteiger partial charge in [0.15, 0.2) is 5.82 Å². The second-order valence-corrected chi connectivity index (χ2v) is 7.40. The van der Waals surface area contributed by atoms with E-state index in [2.05, 4.69) is 0 Å². The highest BCUT2D eigenvalue weighted by atomic mass is 19.1. The minimum atomic E-state index is -1.28. The molecular weight excluding hydrogens is 337 g/mol. The zero-order valence-corrected chi connectivity index (χ0v) is 14.7. The van der Waals surface area contributed by atoms with Gasteiger partial charge in [0, 0.05) is 13.1 Å². The molecule has 0 bridgehead atoms. The number of aromatic nitrogens is 1. The lowest BCUT2D eigenvalue weighted by Gasteiger charge is -2.24. The molecule has 1 atom stereocenters. The average Bonchev–Trinajstić information content (AvgIpc) is 3.33. The Kier molecular flexibility index (Phi) is 3.99. The highest BCUT2D eigenvalue weighted by Crippen LogP contribution is 2.44. The first-order valence-electron chi connectivity index (χ1n) is 8.99. The lowest BCUT2D eigenvalue weighted by molar-refractivity contribution is 0.0694. The van der Waals surface area contributed by atoms with E-state index in [0.717, 1.165) is 37.6 Å². The molecule has 2 aromatic heterocycles. The molecule has 138 valence electrons. The van der Waals surface area contributed by atoms with Crippen molar-refractivity contribution < 1.29 is 14.3 Å². The molecule has 6 nitrogen and oxygen atoms in total. The van der Waals surface area contributed by atoms with Gasteiger partial charge in [0.1, 0.15) is 5.56 Å². The van der Waals surface area contributed by atoms with Crippen LogP contribution in [-0.4, -0.2) is 35.1 Å². The molecule has 2 aromatic rings. The van der Waals surface area contributed by atoms with Crippen LogP contribution in [0.1, 0.15) is 46.7 Å². The third kappa shape index (κ3) is 2.58. The van der Waals surface area contributed by atoms with Gasteiger partial charge in [0.25, 0.3) is 5.56 Å². The number of carboxylic acids is 1. The van der Waals surface area contributed by atoms with Crippen LogP contribution in [0.25, 0.3) is 5.52 Å². The largest absolute Gasteiger partial charge is 0.477 e. The number of pyridine rings is 2. The zero-order chi connectivity index (χ0) is 18.6. The number of halogens is 1. The van der Waals surface area contributed by atoms with Gasteiger partial charge < -0.3 is 15.7 Å². The van der Waals surface area contributed by atoms with Crippen LogP contribution in [0.4, 0.5) is 10.1 Å². The van der Waals surface area contributed by atoms with Gasteiger partial charge in [-0.05, 0) is 61.8 Å². The quantitative estimate of drug-likeness (QED) is 0.873. The molecule has 0 spiro atoms. The number of carbonyl (C=O) groups is 1. The molecule has 2 fully saturated rings. The summed E-state index contributed by atoms with van der Waals surface area (Å²) in [4.78, 5) is 26.0. The first-order valence-corrected chi connectivity index (χ1v) is 8.99. The lowest BCUT2D eigenvalue weighted by Crippen LogP contribution is -2.27. The van der Waals surface area contributed by atoms with E-state index in [-0.39, 0.29) is 11.5 Å². The Balaban J connectivity index is 1.97. The normalized spacial score (nSPS) is 20.1. The van der Waals surface area contributed by atoms with E-state index >= 15 is 0 Å². The number of rotatable bonds is 4. The molecular formula is C19H22FN3O3. The second kappa shape index (κ2) is 6.09. The van der Waals surface area contributed by atoms with Crippen molar-refractivity contribution in [2.24, 2.45) is 11.7 Å². The summed E-state index contributed by atoms with van der Waals surface area (Å²) < 4.78 is 16.1. The molecule has 1 saturated heterocycles. The number of aromatic carboxylic acids is 1. The predicted octanol–water partition coefficient (Wildman–Crippen LogP) is 2.11. The summed E-state index contributed by atoms with van der Waals surface area (Å²) in [6, 6.07) is 1.49. The fourth-order valence-corrected chi connectivity index (χ4v) is 4.12. The van der Waals surface area contributed by atoms with Crippen molar-refractivity contribution in [3.63, 3.8) is 0 Å². The van der Waals surface area contributed by atoms with Crippen LogP contribution in [0.3, 0.4) is 0 Å². The van der Waals surface area contributed by atoms with E-state index < -0.39 is 17.3 Å². The number of hydrogen-bond donors (Lipinski definition) is 2. The van der Waals surface area contributed by atoms with Gasteiger partial charge in [-0.25, -0.2) is 9.18 Å². The molecule has 3 N–H and O–H groups in total. The predicted molar refractivity (Wildman–Crippen MR) is 96.7 cm³/mol. The molecule has 0 amide bonds. The van der Waals surface area contributed by atoms with Gasteiger partial charge in [-0.15, -0.1) is 0 Å². The molecule has 4 rings (SSSR count). The van der Waals surface area contributed by atoms with E-state index in [4.69, 9.17) is 5.73 Å². The summed E-state index contributed by atoms with van der Waals surface area (Å²) in [6.45, 7) is 3.81. The molecule has 2 aliphatic rings. The fourth-order valence-electron chi connectivity index (χ4n) is 4.12. The lowest BCUT2D eigenvalue weighted by atomic mass is 10.0. The van der Waals surface area contributed by atoms with Gasteiger partial charge in [-0.1, -0.05) is 0 Å². The maximum absolute atomic E-state index is 14.9. The maximum Gasteiger partial charge on any atom is 0.341 e. The Morgan fingerprint density at radius 3 is 2.69 bits per heavy atom. The summed E-state index contributed by atoms with van der Waals surface area (Å²) in [5, 5.41) is 9.35. The van der Waals surface area contributed by atoms with Crippen molar-refractivity contribution in [3.8, 4) is 0 Å². The van der Waals surface area contributed by atoms with Gasteiger partial charge in [0.05, 0.1) is 17.4 Å². The Hall–Kier alpha value is -2.41. The molecule has 1 aliphatic carbocycles. The maximum atomic E-state index is 14.9. The van der Waals surface area contributed by atoms with Crippen molar-refractivity contribution in [2.45, 2.75) is 32.1 Å². The summed E-state index contributed by atoms with van der Waals surface area (Å²) in [5.74, 6) is -1.21. The molecule has 3 heterocycles. The van der Waals surface area contributed by atoms with Crippen molar-refractivity contribution in [2.75, 3.05) is 24.5 Å². The minimum absolute atomic E-state index is 0.232. The van der Waals surface area contributed by atoms with Gasteiger partial charge in [-0.3, -0.25) is 9.20 Å². The van der Waals surface area contributed by atoms with Crippen LogP contribution in [0.2, 0.25) is 0 Å². The fraction of sp³-hybridized carbons (Fsp3) is 0.474. The first kappa shape index (κ1) is 17.0. The Morgan fingerprint density at radius 2 is 2.12 bits per heavy atom. The van der Waals surface area contributed by atoms with Crippen molar-refractivity contribution in [1.29, 1.82) is 0 Å². The molecule has 1 aliphatic heterocycles. The van der Waals surface area contributed by atoms with Crippen molar-refractivity contribution in [1.82, 2.24) is 4.40 Å². The van der Waals surface area contributed by atoms with Crippen LogP contribution in [0, 0.1) is 18.7 Å². The minimum Gasteiger partial charge on any atom is -0.477 e. The number of fused-ring (bicyclic) bond motifs is 1. The smallest absolute Gasteiger partial charge is 0.341 e. The Morgan fingerprint density at radius 1 is 1.38 bits per heavy atom. The molecule has 26 heavy (non-hydrogen) atoms. The van der Waals surface area contributed by atoms with E-state index in [1.165, 1.54) is 10.5 Å². The number of nitrogens with zero attached hydrogens (tertiary/aromatic N) is 2. The van der Waals surface area contributed by atoms with Gasteiger partial charge in [0.2, 0.25) is 0 Å². The number of anilines is 1. The van der Waals surface area contributed by atoms with Crippen LogP contribution < -0.4 is 16.2 Å². The number of hydrogen-bond acceptors (Lipinski definition) is 4. The van der Waals surface area contributed by atoms with E-state index in [1.807, 2.05) is 11.8 Å². The highest BCUT2D eigenvalue weighted by molar-refractivity contribution is 5.89. The average molecular weight is 359 g/mol. The Labute approximate surface area is 150 Å². The summed E-state index contributed by atoms with van der Waals surface area (Å²) in [5.41, 5.74) is 7.44. The van der Waals surface area contributed by atoms with Crippen LogP contribution in [0.15, 0.2) is 17.1 Å². The molecule has 1 saturated carbocycles. The van der Waals surface area contributed by atoms with Crippen LogP contribution in [0.5, 0.6) is 0 Å². The SMILES string of the molecule is Cc1c(N2CC[C@H](CN)C2)c(F)cn2c(=O)c(C(=O)O)cc(C3CC3)c12. The van der Waals surface area contributed by atoms with Gasteiger partial charge >= 0.3 is 5.97 Å². The molecule has 0 unspecified atom stereocenters. The molecule has 0 radical (unpaired) electrons. The summed E-state index contributed by atoms with van der Waals surface area (Å²) >= 11 is 0. The van der Waals surface area contributed by atoms with Crippen LogP contribution in [-0.2, 0) is 0 Å². The van der Waals surface area contributed by atoms with Crippen molar-refractivity contribution in [3.05, 3.63) is 45.1 Å². The van der Waals surface area contributed by atoms with E-state index in [1.54, 1.807) is 0 Å². The molecule has 0 aromatic carbocycles.